The second-order valence-electron chi connectivity index (χ2n) is 2.94. The molecular formula is C9H12N2OS. The van der Waals surface area contributed by atoms with E-state index in [-0.39, 0.29) is 10.9 Å². The first kappa shape index (κ1) is 9.80. The highest BCUT2D eigenvalue weighted by atomic mass is 32.1. The van der Waals surface area contributed by atoms with Gasteiger partial charge in [-0.2, -0.15) is 0 Å². The van der Waals surface area contributed by atoms with E-state index in [4.69, 9.17) is 18.0 Å². The topological polar surface area (TPSA) is 58.3 Å². The first-order valence-electron chi connectivity index (χ1n) is 3.87. The Morgan fingerprint density at radius 1 is 1.38 bits per heavy atom. The van der Waals surface area contributed by atoms with Gasteiger partial charge in [0.25, 0.3) is 0 Å². The molecule has 0 heterocycles. The van der Waals surface area contributed by atoms with Gasteiger partial charge in [0.15, 0.2) is 5.11 Å². The number of nitrogens with one attached hydrogen (secondary N) is 1. The van der Waals surface area contributed by atoms with Gasteiger partial charge in [-0.05, 0) is 49.3 Å². The fourth-order valence-corrected chi connectivity index (χ4v) is 1.18. The van der Waals surface area contributed by atoms with E-state index >= 15 is 0 Å². The Bertz CT molecular complexity index is 350. The van der Waals surface area contributed by atoms with Crippen LogP contribution in [0.3, 0.4) is 0 Å². The predicted molar refractivity (Wildman–Crippen MR) is 58.0 cm³/mol. The number of hydrogen-bond acceptors (Lipinski definition) is 2. The molecule has 1 rings (SSSR count). The van der Waals surface area contributed by atoms with Gasteiger partial charge < -0.3 is 16.2 Å². The molecule has 0 unspecified atom stereocenters. The summed E-state index contributed by atoms with van der Waals surface area (Å²) in [5.74, 6) is 0.283. The second-order valence-corrected chi connectivity index (χ2v) is 3.38. The number of rotatable bonds is 1. The van der Waals surface area contributed by atoms with E-state index in [9.17, 15) is 5.11 Å². The number of benzene rings is 1. The van der Waals surface area contributed by atoms with Crippen molar-refractivity contribution in [2.75, 3.05) is 5.32 Å². The van der Waals surface area contributed by atoms with Gasteiger partial charge in [0.05, 0.1) is 0 Å². The largest absolute Gasteiger partial charge is 0.508 e. The average molecular weight is 196 g/mol. The van der Waals surface area contributed by atoms with Crippen molar-refractivity contribution >= 4 is 23.0 Å². The minimum absolute atomic E-state index is 0.230. The summed E-state index contributed by atoms with van der Waals surface area (Å²) in [5, 5.41) is 12.4. The molecule has 0 bridgehead atoms. The smallest absolute Gasteiger partial charge is 0.168 e. The van der Waals surface area contributed by atoms with Crippen LogP contribution in [0.4, 0.5) is 5.69 Å². The third-order valence-electron chi connectivity index (χ3n) is 1.80. The van der Waals surface area contributed by atoms with Gasteiger partial charge >= 0.3 is 0 Å². The van der Waals surface area contributed by atoms with Gasteiger partial charge in [-0.3, -0.25) is 0 Å². The molecule has 1 aromatic rings. The molecule has 0 atom stereocenters. The number of phenols is 1. The van der Waals surface area contributed by atoms with Crippen LogP contribution in [0.5, 0.6) is 5.75 Å². The van der Waals surface area contributed by atoms with Gasteiger partial charge in [-0.15, -0.1) is 0 Å². The maximum absolute atomic E-state index is 9.37. The molecular weight excluding hydrogens is 184 g/mol. The van der Waals surface area contributed by atoms with Crippen LogP contribution >= 0.6 is 12.2 Å². The molecule has 0 saturated carbocycles. The SMILES string of the molecule is Cc1cc(NC(N)=S)c(C)cc1O. The summed E-state index contributed by atoms with van der Waals surface area (Å²) in [6.45, 7) is 3.69. The summed E-state index contributed by atoms with van der Waals surface area (Å²) in [6, 6.07) is 3.49. The number of phenolic OH excluding ortho intramolecular Hbond substituents is 1. The van der Waals surface area contributed by atoms with E-state index < -0.39 is 0 Å². The van der Waals surface area contributed by atoms with Gasteiger partial charge in [0.1, 0.15) is 5.75 Å². The number of aromatic hydroxyl groups is 1. The first-order chi connectivity index (χ1) is 6.00. The monoisotopic (exact) mass is 196 g/mol. The van der Waals surface area contributed by atoms with Gasteiger partial charge in [0.2, 0.25) is 0 Å². The standard InChI is InChI=1S/C9H12N2OS/c1-5-4-8(12)6(2)3-7(5)11-9(10)13/h3-4,12H,1-2H3,(H3,10,11,13). The van der Waals surface area contributed by atoms with Crippen molar-refractivity contribution in [2.45, 2.75) is 13.8 Å². The highest BCUT2D eigenvalue weighted by molar-refractivity contribution is 7.80. The van der Waals surface area contributed by atoms with Crippen molar-refractivity contribution in [1.29, 1.82) is 0 Å². The van der Waals surface area contributed by atoms with Crippen LogP contribution in [-0.4, -0.2) is 10.2 Å². The number of thiocarbonyl (C=S) groups is 1. The second kappa shape index (κ2) is 3.62. The fourth-order valence-electron chi connectivity index (χ4n) is 1.07. The van der Waals surface area contributed by atoms with Crippen molar-refractivity contribution in [2.24, 2.45) is 5.73 Å². The molecule has 0 radical (unpaired) electrons. The van der Waals surface area contributed by atoms with Crippen LogP contribution < -0.4 is 11.1 Å². The van der Waals surface area contributed by atoms with Crippen LogP contribution in [0.15, 0.2) is 12.1 Å². The van der Waals surface area contributed by atoms with Crippen LogP contribution in [0, 0.1) is 13.8 Å². The summed E-state index contributed by atoms with van der Waals surface area (Å²) in [6.07, 6.45) is 0. The molecule has 0 aliphatic heterocycles. The summed E-state index contributed by atoms with van der Waals surface area (Å²) < 4.78 is 0. The maximum Gasteiger partial charge on any atom is 0.168 e. The molecule has 0 spiro atoms. The van der Waals surface area contributed by atoms with E-state index in [0.717, 1.165) is 16.8 Å². The van der Waals surface area contributed by atoms with E-state index in [2.05, 4.69) is 5.32 Å². The Hall–Kier alpha value is -1.29. The Kier molecular flexibility index (Phi) is 2.72. The number of nitrogens with two attached hydrogens (primary N) is 1. The molecule has 3 nitrogen and oxygen atoms in total. The van der Waals surface area contributed by atoms with Gasteiger partial charge in [-0.25, -0.2) is 0 Å². The molecule has 1 aromatic carbocycles. The molecule has 0 aromatic heterocycles. The quantitative estimate of drug-likeness (QED) is 0.472. The van der Waals surface area contributed by atoms with Crippen molar-refractivity contribution in [1.82, 2.24) is 0 Å². The minimum Gasteiger partial charge on any atom is -0.508 e. The van der Waals surface area contributed by atoms with Crippen molar-refractivity contribution in [3.05, 3.63) is 23.3 Å². The van der Waals surface area contributed by atoms with Crippen LogP contribution in [0.25, 0.3) is 0 Å². The summed E-state index contributed by atoms with van der Waals surface area (Å²) in [7, 11) is 0. The highest BCUT2D eigenvalue weighted by Gasteiger charge is 2.03. The Morgan fingerprint density at radius 3 is 2.54 bits per heavy atom. The molecule has 0 amide bonds. The van der Waals surface area contributed by atoms with Crippen LogP contribution in [0.1, 0.15) is 11.1 Å². The lowest BCUT2D eigenvalue weighted by Gasteiger charge is -2.09. The molecule has 0 aliphatic carbocycles. The highest BCUT2D eigenvalue weighted by Crippen LogP contribution is 2.24. The lowest BCUT2D eigenvalue weighted by atomic mass is 10.1. The van der Waals surface area contributed by atoms with Crippen molar-refractivity contribution in [3.8, 4) is 5.75 Å². The molecule has 0 fully saturated rings. The zero-order valence-corrected chi connectivity index (χ0v) is 8.40. The minimum atomic E-state index is 0.230. The third kappa shape index (κ3) is 2.32. The van der Waals surface area contributed by atoms with Crippen molar-refractivity contribution in [3.63, 3.8) is 0 Å². The number of anilines is 1. The lowest BCUT2D eigenvalue weighted by molar-refractivity contribution is 0.471. The van der Waals surface area contributed by atoms with E-state index in [1.807, 2.05) is 19.9 Å². The van der Waals surface area contributed by atoms with Crippen molar-refractivity contribution < 1.29 is 5.11 Å². The Morgan fingerprint density at radius 2 is 2.00 bits per heavy atom. The van der Waals surface area contributed by atoms with Gasteiger partial charge in [0, 0.05) is 5.69 Å². The average Bonchev–Trinajstić information content (AvgIpc) is 1.99. The maximum atomic E-state index is 9.37. The molecule has 0 aliphatic rings. The third-order valence-corrected chi connectivity index (χ3v) is 1.90. The molecule has 4 N–H and O–H groups in total. The normalized spacial score (nSPS) is 9.69. The zero-order chi connectivity index (χ0) is 10.0. The summed E-state index contributed by atoms with van der Waals surface area (Å²) in [5.41, 5.74) is 7.88. The molecule has 0 saturated heterocycles. The predicted octanol–water partition coefficient (Wildman–Crippen LogP) is 1.66. The fraction of sp³-hybridized carbons (Fsp3) is 0.222. The summed E-state index contributed by atoms with van der Waals surface area (Å²) >= 11 is 4.72. The van der Waals surface area contributed by atoms with Crippen LogP contribution in [-0.2, 0) is 0 Å². The molecule has 13 heavy (non-hydrogen) atoms. The molecule has 4 heteroatoms. The van der Waals surface area contributed by atoms with E-state index in [1.54, 1.807) is 6.07 Å². The Balaban J connectivity index is 3.08. The number of hydrogen-bond donors (Lipinski definition) is 3. The Labute approximate surface area is 82.6 Å². The lowest BCUT2D eigenvalue weighted by Crippen LogP contribution is -2.19. The zero-order valence-electron chi connectivity index (χ0n) is 7.59. The number of aryl methyl sites for hydroxylation is 2. The van der Waals surface area contributed by atoms with E-state index in [0.29, 0.717) is 0 Å². The van der Waals surface area contributed by atoms with E-state index in [1.165, 1.54) is 0 Å². The summed E-state index contributed by atoms with van der Waals surface area (Å²) in [4.78, 5) is 0. The van der Waals surface area contributed by atoms with Crippen LogP contribution in [0.2, 0.25) is 0 Å². The molecule has 70 valence electrons. The van der Waals surface area contributed by atoms with Gasteiger partial charge in [-0.1, -0.05) is 0 Å². The first-order valence-corrected chi connectivity index (χ1v) is 4.28.